The zero-order valence-corrected chi connectivity index (χ0v) is 11.1. The van der Waals surface area contributed by atoms with Crippen LogP contribution < -0.4 is 5.73 Å². The third-order valence-corrected chi connectivity index (χ3v) is 3.78. The average molecular weight is 298 g/mol. The predicted molar refractivity (Wildman–Crippen MR) is 69.5 cm³/mol. The summed E-state index contributed by atoms with van der Waals surface area (Å²) in [6, 6.07) is 0. The fraction of sp³-hybridized carbons (Fsp3) is 0.500. The molecular formula is C12H15FN4O4. The summed E-state index contributed by atoms with van der Waals surface area (Å²) in [5.41, 5.74) is 4.02. The third-order valence-electron chi connectivity index (χ3n) is 3.78. The molecular weight excluding hydrogens is 283 g/mol. The first-order valence-electron chi connectivity index (χ1n) is 6.31. The van der Waals surface area contributed by atoms with E-state index >= 15 is 0 Å². The van der Waals surface area contributed by atoms with E-state index in [-0.39, 0.29) is 16.9 Å². The van der Waals surface area contributed by atoms with E-state index in [4.69, 9.17) is 10.5 Å². The number of rotatable bonds is 2. The van der Waals surface area contributed by atoms with Gasteiger partial charge in [-0.3, -0.25) is 4.57 Å². The van der Waals surface area contributed by atoms with Crippen molar-refractivity contribution >= 4 is 16.9 Å². The van der Waals surface area contributed by atoms with Crippen molar-refractivity contribution in [2.45, 2.75) is 31.0 Å². The summed E-state index contributed by atoms with van der Waals surface area (Å²) in [6.45, 7) is 0.860. The third kappa shape index (κ3) is 1.89. The zero-order chi connectivity index (χ0) is 15.4. The van der Waals surface area contributed by atoms with Crippen LogP contribution in [0.5, 0.6) is 0 Å². The van der Waals surface area contributed by atoms with E-state index in [1.54, 1.807) is 0 Å². The lowest BCUT2D eigenvalue weighted by Gasteiger charge is -2.27. The predicted octanol–water partition coefficient (Wildman–Crippen LogP) is -0.846. The lowest BCUT2D eigenvalue weighted by molar-refractivity contribution is -0.0949. The summed E-state index contributed by atoms with van der Waals surface area (Å²) in [5.74, 6) is -0.697. The Bertz CT molecular complexity index is 689. The van der Waals surface area contributed by atoms with E-state index in [1.807, 2.05) is 0 Å². The van der Waals surface area contributed by atoms with E-state index in [1.165, 1.54) is 11.5 Å². The van der Waals surface area contributed by atoms with Gasteiger partial charge in [-0.25, -0.2) is 14.4 Å². The summed E-state index contributed by atoms with van der Waals surface area (Å²) < 4.78 is 20.7. The fourth-order valence-electron chi connectivity index (χ4n) is 2.63. The van der Waals surface area contributed by atoms with Crippen LogP contribution in [0.1, 0.15) is 13.2 Å². The summed E-state index contributed by atoms with van der Waals surface area (Å²) in [4.78, 5) is 7.66. The molecule has 5 N–H and O–H groups in total. The number of halogens is 1. The highest BCUT2D eigenvalue weighted by Gasteiger charge is 2.53. The molecule has 0 spiro atoms. The Morgan fingerprint density at radius 3 is 2.86 bits per heavy atom. The number of aromatic nitrogens is 3. The molecule has 114 valence electrons. The van der Waals surface area contributed by atoms with Crippen LogP contribution in [0.15, 0.2) is 12.5 Å². The molecule has 3 rings (SSSR count). The molecule has 21 heavy (non-hydrogen) atoms. The van der Waals surface area contributed by atoms with Crippen LogP contribution in [0.2, 0.25) is 0 Å². The highest BCUT2D eigenvalue weighted by molar-refractivity contribution is 5.86. The number of anilines is 1. The van der Waals surface area contributed by atoms with Crippen molar-refractivity contribution in [2.24, 2.45) is 0 Å². The maximum absolute atomic E-state index is 14.0. The van der Waals surface area contributed by atoms with Crippen LogP contribution in [-0.2, 0) is 4.74 Å². The van der Waals surface area contributed by atoms with Crippen molar-refractivity contribution < 1.29 is 24.4 Å². The van der Waals surface area contributed by atoms with Crippen LogP contribution in [0, 0.1) is 5.82 Å². The maximum atomic E-state index is 14.0. The van der Waals surface area contributed by atoms with Gasteiger partial charge in [0.25, 0.3) is 0 Å². The first kappa shape index (κ1) is 14.1. The second kappa shape index (κ2) is 4.60. The van der Waals surface area contributed by atoms with Gasteiger partial charge in [-0.1, -0.05) is 0 Å². The van der Waals surface area contributed by atoms with E-state index in [9.17, 15) is 19.7 Å². The first-order chi connectivity index (χ1) is 9.87. The lowest BCUT2D eigenvalue weighted by Crippen LogP contribution is -2.44. The number of hydrogen-bond acceptors (Lipinski definition) is 7. The quantitative estimate of drug-likeness (QED) is 0.569. The fourth-order valence-corrected chi connectivity index (χ4v) is 2.63. The molecule has 3 heterocycles. The Morgan fingerprint density at radius 2 is 2.24 bits per heavy atom. The minimum Gasteiger partial charge on any atom is -0.394 e. The Labute approximate surface area is 118 Å². The molecule has 1 fully saturated rings. The number of aliphatic hydroxyl groups excluding tert-OH is 2. The van der Waals surface area contributed by atoms with Crippen molar-refractivity contribution in [1.82, 2.24) is 14.5 Å². The smallest absolute Gasteiger partial charge is 0.167 e. The number of nitrogens with zero attached hydrogens (tertiary/aromatic N) is 3. The van der Waals surface area contributed by atoms with Crippen molar-refractivity contribution in [3.8, 4) is 0 Å². The number of fused-ring (bicyclic) bond motifs is 1. The highest BCUT2D eigenvalue weighted by Crippen LogP contribution is 2.40. The largest absolute Gasteiger partial charge is 0.394 e. The van der Waals surface area contributed by atoms with Gasteiger partial charge in [-0.2, -0.15) is 0 Å². The normalized spacial score (nSPS) is 32.9. The molecule has 2 aromatic rings. The minimum atomic E-state index is -1.73. The van der Waals surface area contributed by atoms with Crippen LogP contribution in [0.4, 0.5) is 10.2 Å². The Hall–Kier alpha value is -1.81. The molecule has 1 aliphatic rings. The lowest BCUT2D eigenvalue weighted by atomic mass is 9.96. The minimum absolute atomic E-state index is 0.0128. The van der Waals surface area contributed by atoms with Crippen molar-refractivity contribution in [2.75, 3.05) is 12.3 Å². The van der Waals surface area contributed by atoms with Gasteiger partial charge in [0.1, 0.15) is 30.0 Å². The van der Waals surface area contributed by atoms with Gasteiger partial charge in [0.2, 0.25) is 0 Å². The summed E-state index contributed by atoms with van der Waals surface area (Å²) in [6.07, 6.45) is -1.19. The van der Waals surface area contributed by atoms with Crippen molar-refractivity contribution in [3.63, 3.8) is 0 Å². The molecule has 0 saturated carbocycles. The number of nitrogens with two attached hydrogens (primary N) is 1. The van der Waals surface area contributed by atoms with Crippen molar-refractivity contribution in [1.29, 1.82) is 0 Å². The van der Waals surface area contributed by atoms with Crippen LogP contribution >= 0.6 is 0 Å². The van der Waals surface area contributed by atoms with E-state index in [0.29, 0.717) is 0 Å². The van der Waals surface area contributed by atoms with E-state index < -0.39 is 36.5 Å². The number of hydrogen-bond donors (Lipinski definition) is 4. The number of nitrogen functional groups attached to an aromatic ring is 1. The standard InChI is InChI=1S/C12H15FN4O4/c1-12(20)8(19)6(3-18)21-11(12)17-2-5(13)7-9(14)15-4-16-10(7)17/h2,4,6,8,11,18-20H,3H2,1H3,(H2,14,15,16)/t6-,8+,11-,12?/m1/s1. The van der Waals surface area contributed by atoms with Crippen LogP contribution in [0.25, 0.3) is 11.0 Å². The van der Waals surface area contributed by atoms with Gasteiger partial charge >= 0.3 is 0 Å². The topological polar surface area (TPSA) is 127 Å². The Balaban J connectivity index is 2.15. The summed E-state index contributed by atoms with van der Waals surface area (Å²) >= 11 is 0. The molecule has 2 aromatic heterocycles. The molecule has 0 aliphatic carbocycles. The molecule has 1 saturated heterocycles. The zero-order valence-electron chi connectivity index (χ0n) is 11.1. The van der Waals surface area contributed by atoms with E-state index in [0.717, 1.165) is 12.5 Å². The molecule has 0 radical (unpaired) electrons. The molecule has 0 amide bonds. The second-order valence-electron chi connectivity index (χ2n) is 5.22. The summed E-state index contributed by atoms with van der Waals surface area (Å²) in [7, 11) is 0. The maximum Gasteiger partial charge on any atom is 0.167 e. The van der Waals surface area contributed by atoms with Gasteiger partial charge in [-0.15, -0.1) is 0 Å². The van der Waals surface area contributed by atoms with Gasteiger partial charge in [0, 0.05) is 6.20 Å². The van der Waals surface area contributed by atoms with Gasteiger partial charge in [0.15, 0.2) is 17.7 Å². The van der Waals surface area contributed by atoms with Gasteiger partial charge in [0.05, 0.1) is 12.0 Å². The monoisotopic (exact) mass is 298 g/mol. The summed E-state index contributed by atoms with van der Waals surface area (Å²) in [5, 5.41) is 29.6. The van der Waals surface area contributed by atoms with E-state index in [2.05, 4.69) is 9.97 Å². The molecule has 1 aliphatic heterocycles. The molecule has 9 heteroatoms. The molecule has 1 unspecified atom stereocenters. The molecule has 0 bridgehead atoms. The number of aliphatic hydroxyl groups is 3. The number of ether oxygens (including phenoxy) is 1. The molecule has 0 aromatic carbocycles. The van der Waals surface area contributed by atoms with Crippen LogP contribution in [-0.4, -0.2) is 54.3 Å². The second-order valence-corrected chi connectivity index (χ2v) is 5.22. The SMILES string of the molecule is CC1(O)[C@@H](O)[C@@H](CO)O[C@H]1n1cc(F)c2c(N)ncnc21. The van der Waals surface area contributed by atoms with Gasteiger partial charge < -0.3 is 25.8 Å². The Morgan fingerprint density at radius 1 is 1.52 bits per heavy atom. The average Bonchev–Trinajstić information content (AvgIpc) is 2.87. The molecule has 4 atom stereocenters. The Kier molecular flexibility index (Phi) is 3.10. The van der Waals surface area contributed by atoms with Gasteiger partial charge in [-0.05, 0) is 6.92 Å². The van der Waals surface area contributed by atoms with Crippen molar-refractivity contribution in [3.05, 3.63) is 18.3 Å². The van der Waals surface area contributed by atoms with Crippen LogP contribution in [0.3, 0.4) is 0 Å². The highest BCUT2D eigenvalue weighted by atomic mass is 19.1. The molecule has 8 nitrogen and oxygen atoms in total. The first-order valence-corrected chi connectivity index (χ1v) is 6.31.